The number of hydrogen-bond donors (Lipinski definition) is 1. The molecule has 0 saturated heterocycles. The molecule has 3 rings (SSSR count). The van der Waals surface area contributed by atoms with Crippen LogP contribution < -0.4 is 24.4 Å². The standard InChI is InChI=1S/C18H18N2O5/c1-22-14-5-3-12(4-6-14)7-18(21)20-19-10-13-8-16-17(25-11-24-16)9-15(13)23-2/h3-6,8-10H,7,11H2,1-2H3,(H,20,21)/b19-10-. The van der Waals surface area contributed by atoms with Gasteiger partial charge in [-0.2, -0.15) is 5.10 Å². The van der Waals surface area contributed by atoms with Crippen molar-refractivity contribution in [2.45, 2.75) is 6.42 Å². The lowest BCUT2D eigenvalue weighted by Crippen LogP contribution is -2.19. The van der Waals surface area contributed by atoms with Crippen molar-refractivity contribution in [1.82, 2.24) is 5.43 Å². The van der Waals surface area contributed by atoms with Crippen LogP contribution in [0.4, 0.5) is 0 Å². The van der Waals surface area contributed by atoms with Gasteiger partial charge in [0.05, 0.1) is 26.9 Å². The van der Waals surface area contributed by atoms with Gasteiger partial charge in [-0.15, -0.1) is 0 Å². The monoisotopic (exact) mass is 342 g/mol. The normalized spacial score (nSPS) is 12.2. The van der Waals surface area contributed by atoms with E-state index in [-0.39, 0.29) is 19.1 Å². The fourth-order valence-electron chi connectivity index (χ4n) is 2.36. The fourth-order valence-corrected chi connectivity index (χ4v) is 2.36. The number of ether oxygens (including phenoxy) is 4. The second-order valence-electron chi connectivity index (χ2n) is 5.27. The number of methoxy groups -OCH3 is 2. The fraction of sp³-hybridized carbons (Fsp3) is 0.222. The number of benzene rings is 2. The van der Waals surface area contributed by atoms with Gasteiger partial charge in [0, 0.05) is 11.6 Å². The zero-order chi connectivity index (χ0) is 17.6. The minimum atomic E-state index is -0.221. The first kappa shape index (κ1) is 16.6. The van der Waals surface area contributed by atoms with Gasteiger partial charge in [-0.1, -0.05) is 12.1 Å². The Bertz CT molecular complexity index is 787. The quantitative estimate of drug-likeness (QED) is 0.643. The Kier molecular flexibility index (Phi) is 5.03. The van der Waals surface area contributed by atoms with E-state index in [2.05, 4.69) is 10.5 Å². The van der Waals surface area contributed by atoms with Crippen molar-refractivity contribution in [1.29, 1.82) is 0 Å². The molecule has 0 aliphatic carbocycles. The molecule has 0 atom stereocenters. The highest BCUT2D eigenvalue weighted by molar-refractivity contribution is 5.87. The van der Waals surface area contributed by atoms with Crippen LogP contribution in [0.25, 0.3) is 0 Å². The van der Waals surface area contributed by atoms with E-state index in [1.165, 1.54) is 6.21 Å². The Balaban J connectivity index is 1.61. The van der Waals surface area contributed by atoms with Crippen molar-refractivity contribution in [2.24, 2.45) is 5.10 Å². The molecule has 130 valence electrons. The molecule has 0 aromatic heterocycles. The summed E-state index contributed by atoms with van der Waals surface area (Å²) >= 11 is 0. The summed E-state index contributed by atoms with van der Waals surface area (Å²) < 4.78 is 21.0. The summed E-state index contributed by atoms with van der Waals surface area (Å²) in [4.78, 5) is 12.0. The van der Waals surface area contributed by atoms with E-state index in [9.17, 15) is 4.79 Å². The summed E-state index contributed by atoms with van der Waals surface area (Å²) in [7, 11) is 3.15. The highest BCUT2D eigenvalue weighted by Gasteiger charge is 2.17. The van der Waals surface area contributed by atoms with Gasteiger partial charge in [-0.05, 0) is 23.8 Å². The maximum absolute atomic E-state index is 12.0. The van der Waals surface area contributed by atoms with E-state index in [0.717, 1.165) is 11.3 Å². The van der Waals surface area contributed by atoms with Crippen LogP contribution in [0.2, 0.25) is 0 Å². The Morgan fingerprint density at radius 1 is 1.16 bits per heavy atom. The van der Waals surface area contributed by atoms with Crippen molar-refractivity contribution in [3.05, 3.63) is 47.5 Å². The minimum Gasteiger partial charge on any atom is -0.497 e. The number of carbonyl (C=O) groups excluding carboxylic acids is 1. The highest BCUT2D eigenvalue weighted by atomic mass is 16.7. The average molecular weight is 342 g/mol. The van der Waals surface area contributed by atoms with Gasteiger partial charge >= 0.3 is 0 Å². The maximum Gasteiger partial charge on any atom is 0.244 e. The van der Waals surface area contributed by atoms with Crippen molar-refractivity contribution in [3.63, 3.8) is 0 Å². The average Bonchev–Trinajstić information content (AvgIpc) is 3.09. The van der Waals surface area contributed by atoms with E-state index in [1.54, 1.807) is 26.4 Å². The summed E-state index contributed by atoms with van der Waals surface area (Å²) in [5.74, 6) is 2.35. The number of hydrazone groups is 1. The molecule has 2 aromatic carbocycles. The third-order valence-electron chi connectivity index (χ3n) is 3.64. The van der Waals surface area contributed by atoms with E-state index in [4.69, 9.17) is 18.9 Å². The SMILES string of the molecule is COc1ccc(CC(=O)N/N=C\c2cc3c(cc2OC)OCO3)cc1. The number of amides is 1. The molecule has 1 N–H and O–H groups in total. The molecule has 1 aliphatic rings. The maximum atomic E-state index is 12.0. The molecule has 1 aliphatic heterocycles. The van der Waals surface area contributed by atoms with Crippen molar-refractivity contribution < 1.29 is 23.7 Å². The zero-order valence-corrected chi connectivity index (χ0v) is 13.9. The molecular formula is C18H18N2O5. The second-order valence-corrected chi connectivity index (χ2v) is 5.27. The van der Waals surface area contributed by atoms with Crippen LogP contribution in [0.1, 0.15) is 11.1 Å². The van der Waals surface area contributed by atoms with Crippen molar-refractivity contribution in [2.75, 3.05) is 21.0 Å². The van der Waals surface area contributed by atoms with Gasteiger partial charge in [-0.3, -0.25) is 4.79 Å². The van der Waals surface area contributed by atoms with Gasteiger partial charge in [0.2, 0.25) is 12.7 Å². The molecule has 25 heavy (non-hydrogen) atoms. The van der Waals surface area contributed by atoms with Crippen molar-refractivity contribution in [3.8, 4) is 23.0 Å². The number of nitrogens with zero attached hydrogens (tertiary/aromatic N) is 1. The molecule has 0 saturated carbocycles. The highest BCUT2D eigenvalue weighted by Crippen LogP contribution is 2.37. The van der Waals surface area contributed by atoms with Gasteiger partial charge in [-0.25, -0.2) is 5.43 Å². The molecule has 2 aromatic rings. The predicted octanol–water partition coefficient (Wildman–Crippen LogP) is 2.13. The van der Waals surface area contributed by atoms with Crippen LogP contribution in [-0.2, 0) is 11.2 Å². The smallest absolute Gasteiger partial charge is 0.244 e. The first-order valence-electron chi connectivity index (χ1n) is 7.62. The first-order valence-corrected chi connectivity index (χ1v) is 7.62. The van der Waals surface area contributed by atoms with E-state index in [0.29, 0.717) is 22.8 Å². The van der Waals surface area contributed by atoms with E-state index in [1.807, 2.05) is 24.3 Å². The number of hydrogen-bond acceptors (Lipinski definition) is 6. The molecular weight excluding hydrogens is 324 g/mol. The molecule has 7 heteroatoms. The molecule has 0 bridgehead atoms. The van der Waals surface area contributed by atoms with Crippen LogP contribution in [-0.4, -0.2) is 33.1 Å². The van der Waals surface area contributed by atoms with Crippen LogP contribution >= 0.6 is 0 Å². The molecule has 1 heterocycles. The second kappa shape index (κ2) is 7.57. The molecule has 0 radical (unpaired) electrons. The van der Waals surface area contributed by atoms with Crippen LogP contribution in [0.15, 0.2) is 41.5 Å². The molecule has 1 amide bonds. The third kappa shape index (κ3) is 4.00. The summed E-state index contributed by atoms with van der Waals surface area (Å²) in [6.45, 7) is 0.178. The number of rotatable bonds is 6. The molecule has 0 spiro atoms. The van der Waals surface area contributed by atoms with Gasteiger partial charge in [0.15, 0.2) is 11.5 Å². The number of fused-ring (bicyclic) bond motifs is 1. The van der Waals surface area contributed by atoms with Gasteiger partial charge < -0.3 is 18.9 Å². The first-order chi connectivity index (χ1) is 12.2. The summed E-state index contributed by atoms with van der Waals surface area (Å²) in [5, 5.41) is 3.98. The van der Waals surface area contributed by atoms with Crippen LogP contribution in [0.5, 0.6) is 23.0 Å². The number of nitrogens with one attached hydrogen (secondary N) is 1. The lowest BCUT2D eigenvalue weighted by atomic mass is 10.1. The predicted molar refractivity (Wildman–Crippen MR) is 91.6 cm³/mol. The van der Waals surface area contributed by atoms with E-state index >= 15 is 0 Å². The summed E-state index contributed by atoms with van der Waals surface area (Å²) in [6.07, 6.45) is 1.73. The Morgan fingerprint density at radius 3 is 2.56 bits per heavy atom. The van der Waals surface area contributed by atoms with Gasteiger partial charge in [0.25, 0.3) is 0 Å². The Labute approximate surface area is 145 Å². The number of carbonyl (C=O) groups is 1. The lowest BCUT2D eigenvalue weighted by Gasteiger charge is -2.06. The lowest BCUT2D eigenvalue weighted by molar-refractivity contribution is -0.120. The van der Waals surface area contributed by atoms with Crippen LogP contribution in [0.3, 0.4) is 0 Å². The molecule has 7 nitrogen and oxygen atoms in total. The molecule has 0 fully saturated rings. The summed E-state index contributed by atoms with van der Waals surface area (Å²) in [6, 6.07) is 10.8. The Morgan fingerprint density at radius 2 is 1.88 bits per heavy atom. The topological polar surface area (TPSA) is 78.4 Å². The third-order valence-corrected chi connectivity index (χ3v) is 3.64. The zero-order valence-electron chi connectivity index (χ0n) is 13.9. The minimum absolute atomic E-state index is 0.178. The largest absolute Gasteiger partial charge is 0.497 e. The van der Waals surface area contributed by atoms with Gasteiger partial charge in [0.1, 0.15) is 11.5 Å². The van der Waals surface area contributed by atoms with E-state index < -0.39 is 0 Å². The summed E-state index contributed by atoms with van der Waals surface area (Å²) in [5.41, 5.74) is 4.05. The molecule has 0 unspecified atom stereocenters. The Hall–Kier alpha value is -3.22. The van der Waals surface area contributed by atoms with Crippen molar-refractivity contribution >= 4 is 12.1 Å². The van der Waals surface area contributed by atoms with Crippen LogP contribution in [0, 0.1) is 0 Å².